The van der Waals surface area contributed by atoms with Gasteiger partial charge in [-0.2, -0.15) is 0 Å². The number of benzene rings is 1. The Balaban J connectivity index is 0.00000420. The Hall–Kier alpha value is -0.900. The highest BCUT2D eigenvalue weighted by molar-refractivity contribution is 14.0. The van der Waals surface area contributed by atoms with Gasteiger partial charge >= 0.3 is 0 Å². The summed E-state index contributed by atoms with van der Waals surface area (Å²) in [5, 5.41) is 6.74. The lowest BCUT2D eigenvalue weighted by Gasteiger charge is -2.17. The summed E-state index contributed by atoms with van der Waals surface area (Å²) in [6.07, 6.45) is 4.62. The van der Waals surface area contributed by atoms with E-state index in [1.54, 1.807) is 0 Å². The van der Waals surface area contributed by atoms with E-state index in [0.717, 1.165) is 84.2 Å². The van der Waals surface area contributed by atoms with E-state index in [4.69, 9.17) is 9.47 Å². The fourth-order valence-corrected chi connectivity index (χ4v) is 3.22. The van der Waals surface area contributed by atoms with Crippen molar-refractivity contribution in [2.24, 2.45) is 4.99 Å². The molecule has 1 aromatic rings. The van der Waals surface area contributed by atoms with Crippen molar-refractivity contribution in [3.63, 3.8) is 0 Å². The largest absolute Gasteiger partial charge is 0.379 e. The van der Waals surface area contributed by atoms with Crippen molar-refractivity contribution in [3.8, 4) is 0 Å². The van der Waals surface area contributed by atoms with Crippen molar-refractivity contribution in [2.75, 3.05) is 53.0 Å². The molecule has 7 heteroatoms. The first-order valence-corrected chi connectivity index (χ1v) is 10.7. The maximum atomic E-state index is 5.69. The number of nitrogens with zero attached hydrogens (tertiary/aromatic N) is 2. The van der Waals surface area contributed by atoms with Gasteiger partial charge in [0.1, 0.15) is 0 Å². The summed E-state index contributed by atoms with van der Waals surface area (Å²) in [5.41, 5.74) is 1.36. The van der Waals surface area contributed by atoms with E-state index in [-0.39, 0.29) is 24.0 Å². The number of aliphatic imine (C=N–C) groups is 1. The molecule has 2 N–H and O–H groups in total. The number of halogens is 1. The highest BCUT2D eigenvalue weighted by Crippen LogP contribution is 2.11. The second-order valence-corrected chi connectivity index (χ2v) is 7.33. The van der Waals surface area contributed by atoms with Gasteiger partial charge in [0, 0.05) is 39.4 Å². The minimum atomic E-state index is 0. The number of nitrogens with one attached hydrogen (secondary N) is 2. The first-order chi connectivity index (χ1) is 13.8. The van der Waals surface area contributed by atoms with Crippen LogP contribution in [0.3, 0.4) is 0 Å². The van der Waals surface area contributed by atoms with E-state index in [1.807, 2.05) is 0 Å². The Morgan fingerprint density at radius 3 is 2.79 bits per heavy atom. The van der Waals surface area contributed by atoms with Gasteiger partial charge in [-0.05, 0) is 51.8 Å². The van der Waals surface area contributed by atoms with Gasteiger partial charge in [0.25, 0.3) is 0 Å². The second-order valence-electron chi connectivity index (χ2n) is 7.33. The van der Waals surface area contributed by atoms with Crippen LogP contribution in [0.1, 0.15) is 38.2 Å². The van der Waals surface area contributed by atoms with E-state index < -0.39 is 0 Å². The lowest BCUT2D eigenvalue weighted by Crippen LogP contribution is -2.38. The molecule has 29 heavy (non-hydrogen) atoms. The van der Waals surface area contributed by atoms with Gasteiger partial charge in [-0.3, -0.25) is 4.99 Å². The first-order valence-electron chi connectivity index (χ1n) is 10.7. The zero-order valence-corrected chi connectivity index (χ0v) is 20.4. The predicted octanol–water partition coefficient (Wildman–Crippen LogP) is 3.27. The van der Waals surface area contributed by atoms with Crippen LogP contribution in [-0.4, -0.2) is 70.0 Å². The molecular weight excluding hydrogens is 479 g/mol. The molecule has 0 amide bonds. The molecule has 6 nitrogen and oxygen atoms in total. The Morgan fingerprint density at radius 2 is 2.07 bits per heavy atom. The summed E-state index contributed by atoms with van der Waals surface area (Å²) in [6.45, 7) is 9.04. The van der Waals surface area contributed by atoms with E-state index >= 15 is 0 Å². The van der Waals surface area contributed by atoms with Crippen LogP contribution >= 0.6 is 24.0 Å². The molecule has 0 aromatic heterocycles. The molecule has 1 heterocycles. The minimum absolute atomic E-state index is 0. The molecule has 1 aromatic carbocycles. The summed E-state index contributed by atoms with van der Waals surface area (Å²) < 4.78 is 11.3. The smallest absolute Gasteiger partial charge is 0.191 e. The molecule has 0 bridgehead atoms. The standard InChI is InChI=1S/C22H38N4O2.HI/c1-3-23-22(25-14-9-16-27-19-21-12-7-17-28-21)24-13-8-15-26(2)18-20-10-5-4-6-11-20;/h4-6,10-11,21H,3,7-9,12-19H2,1-2H3,(H2,23,24,25);1H. The summed E-state index contributed by atoms with van der Waals surface area (Å²) in [5.74, 6) is 0.896. The van der Waals surface area contributed by atoms with Crippen molar-refractivity contribution >= 4 is 29.9 Å². The normalized spacial score (nSPS) is 16.7. The molecule has 1 fully saturated rings. The number of ether oxygens (including phenoxy) is 2. The Bertz CT molecular complexity index is 539. The Labute approximate surface area is 193 Å². The van der Waals surface area contributed by atoms with Crippen LogP contribution in [0, 0.1) is 0 Å². The minimum Gasteiger partial charge on any atom is -0.379 e. The zero-order valence-electron chi connectivity index (χ0n) is 18.1. The van der Waals surface area contributed by atoms with Crippen LogP contribution in [0.15, 0.2) is 35.3 Å². The van der Waals surface area contributed by atoms with Crippen molar-refractivity contribution in [3.05, 3.63) is 35.9 Å². The molecule has 2 rings (SSSR count). The van der Waals surface area contributed by atoms with Gasteiger partial charge in [0.15, 0.2) is 5.96 Å². The topological polar surface area (TPSA) is 58.1 Å². The lowest BCUT2D eigenvalue weighted by molar-refractivity contribution is 0.0171. The van der Waals surface area contributed by atoms with E-state index in [1.165, 1.54) is 5.56 Å². The van der Waals surface area contributed by atoms with Crippen LogP contribution < -0.4 is 10.6 Å². The van der Waals surface area contributed by atoms with E-state index in [9.17, 15) is 0 Å². The summed E-state index contributed by atoms with van der Waals surface area (Å²) in [4.78, 5) is 6.99. The van der Waals surface area contributed by atoms with Gasteiger partial charge in [-0.1, -0.05) is 30.3 Å². The lowest BCUT2D eigenvalue weighted by atomic mass is 10.2. The summed E-state index contributed by atoms with van der Waals surface area (Å²) in [6, 6.07) is 10.6. The van der Waals surface area contributed by atoms with E-state index in [0.29, 0.717) is 6.10 Å². The average molecular weight is 518 g/mol. The van der Waals surface area contributed by atoms with E-state index in [2.05, 4.69) is 64.8 Å². The molecule has 166 valence electrons. The van der Waals surface area contributed by atoms with Gasteiger partial charge in [0.05, 0.1) is 12.7 Å². The van der Waals surface area contributed by atoms with Crippen molar-refractivity contribution in [1.82, 2.24) is 15.5 Å². The maximum absolute atomic E-state index is 5.69. The number of hydrogen-bond acceptors (Lipinski definition) is 4. The van der Waals surface area contributed by atoms with Gasteiger partial charge in [-0.25, -0.2) is 0 Å². The van der Waals surface area contributed by atoms with Gasteiger partial charge in [-0.15, -0.1) is 24.0 Å². The molecule has 1 saturated heterocycles. The monoisotopic (exact) mass is 518 g/mol. The number of rotatable bonds is 13. The fourth-order valence-electron chi connectivity index (χ4n) is 3.22. The van der Waals surface area contributed by atoms with Gasteiger partial charge < -0.3 is 25.0 Å². The van der Waals surface area contributed by atoms with Crippen molar-refractivity contribution < 1.29 is 9.47 Å². The average Bonchev–Trinajstić information content (AvgIpc) is 3.22. The Kier molecular flexibility index (Phi) is 15.2. The predicted molar refractivity (Wildman–Crippen MR) is 131 cm³/mol. The Morgan fingerprint density at radius 1 is 1.24 bits per heavy atom. The van der Waals surface area contributed by atoms with Crippen LogP contribution in [0.25, 0.3) is 0 Å². The fraction of sp³-hybridized carbons (Fsp3) is 0.682. The second kappa shape index (κ2) is 16.8. The number of guanidine groups is 1. The quantitative estimate of drug-likeness (QED) is 0.182. The third-order valence-corrected chi connectivity index (χ3v) is 4.69. The number of hydrogen-bond donors (Lipinski definition) is 2. The highest BCUT2D eigenvalue weighted by atomic mass is 127. The van der Waals surface area contributed by atoms with Crippen LogP contribution in [-0.2, 0) is 16.0 Å². The maximum Gasteiger partial charge on any atom is 0.191 e. The molecule has 0 aliphatic carbocycles. The summed E-state index contributed by atoms with van der Waals surface area (Å²) >= 11 is 0. The molecule has 0 saturated carbocycles. The van der Waals surface area contributed by atoms with Crippen molar-refractivity contribution in [2.45, 2.75) is 45.3 Å². The van der Waals surface area contributed by atoms with Crippen molar-refractivity contribution in [1.29, 1.82) is 0 Å². The molecule has 1 atom stereocenters. The SMILES string of the molecule is CCNC(=NCCCOCC1CCCO1)NCCCN(C)Cc1ccccc1.I. The van der Waals surface area contributed by atoms with Crippen LogP contribution in [0.5, 0.6) is 0 Å². The summed E-state index contributed by atoms with van der Waals surface area (Å²) in [7, 11) is 2.17. The molecular formula is C22H39IN4O2. The molecule has 0 radical (unpaired) electrons. The van der Waals surface area contributed by atoms with Crippen LogP contribution in [0.2, 0.25) is 0 Å². The van der Waals surface area contributed by atoms with Gasteiger partial charge in [0.2, 0.25) is 0 Å². The molecule has 1 unspecified atom stereocenters. The zero-order chi connectivity index (χ0) is 19.9. The molecule has 1 aliphatic heterocycles. The highest BCUT2D eigenvalue weighted by Gasteiger charge is 2.14. The third kappa shape index (κ3) is 12.4. The molecule has 0 spiro atoms. The van der Waals surface area contributed by atoms with Crippen LogP contribution in [0.4, 0.5) is 0 Å². The molecule has 1 aliphatic rings. The third-order valence-electron chi connectivity index (χ3n) is 4.69. The first kappa shape index (κ1) is 26.1.